The molecule has 2 N–H and O–H groups in total. The van der Waals surface area contributed by atoms with Gasteiger partial charge in [-0.25, -0.2) is 5.10 Å². The molecule has 0 aliphatic carbocycles. The van der Waals surface area contributed by atoms with Crippen molar-refractivity contribution >= 4 is 28.3 Å². The summed E-state index contributed by atoms with van der Waals surface area (Å²) in [7, 11) is 0. The summed E-state index contributed by atoms with van der Waals surface area (Å²) in [6.45, 7) is 3.89. The first-order valence-electron chi connectivity index (χ1n) is 10.5. The average Bonchev–Trinajstić information content (AvgIpc) is 2.79. The van der Waals surface area contributed by atoms with E-state index in [0.717, 1.165) is 11.1 Å². The molecule has 33 heavy (non-hydrogen) atoms. The second-order valence-electron chi connectivity index (χ2n) is 7.87. The van der Waals surface area contributed by atoms with E-state index >= 15 is 0 Å². The van der Waals surface area contributed by atoms with E-state index < -0.39 is 18.0 Å². The molecule has 0 saturated heterocycles. The van der Waals surface area contributed by atoms with Crippen LogP contribution in [0.2, 0.25) is 0 Å². The number of aryl methyl sites for hydroxylation is 2. The van der Waals surface area contributed by atoms with E-state index in [1.54, 1.807) is 48.5 Å². The van der Waals surface area contributed by atoms with Crippen molar-refractivity contribution in [1.29, 1.82) is 0 Å². The SMILES string of the molecule is Cc1cc(C)cc(NC(=O)C(OC(=O)Cc2n[nH]c(=O)c3ccccc23)c2ccccc2)c1. The van der Waals surface area contributed by atoms with Gasteiger partial charge < -0.3 is 10.1 Å². The number of nitrogens with zero attached hydrogens (tertiary/aromatic N) is 1. The van der Waals surface area contributed by atoms with Crippen molar-refractivity contribution in [2.45, 2.75) is 26.4 Å². The average molecular weight is 441 g/mol. The molecule has 1 amide bonds. The highest BCUT2D eigenvalue weighted by molar-refractivity contribution is 5.96. The highest BCUT2D eigenvalue weighted by Gasteiger charge is 2.26. The van der Waals surface area contributed by atoms with Gasteiger partial charge in [-0.2, -0.15) is 5.10 Å². The van der Waals surface area contributed by atoms with E-state index in [1.165, 1.54) is 0 Å². The van der Waals surface area contributed by atoms with Gasteiger partial charge in [0.15, 0.2) is 0 Å². The summed E-state index contributed by atoms with van der Waals surface area (Å²) in [6.07, 6.45) is -1.34. The number of ether oxygens (including phenoxy) is 1. The normalized spacial score (nSPS) is 11.7. The van der Waals surface area contributed by atoms with Crippen LogP contribution in [0.15, 0.2) is 77.6 Å². The summed E-state index contributed by atoms with van der Waals surface area (Å²) >= 11 is 0. The Morgan fingerprint density at radius 1 is 0.939 bits per heavy atom. The third-order valence-corrected chi connectivity index (χ3v) is 5.17. The lowest BCUT2D eigenvalue weighted by Crippen LogP contribution is -2.27. The number of hydrogen-bond donors (Lipinski definition) is 2. The highest BCUT2D eigenvalue weighted by atomic mass is 16.5. The summed E-state index contributed by atoms with van der Waals surface area (Å²) in [5.41, 5.74) is 3.23. The molecular weight excluding hydrogens is 418 g/mol. The predicted octanol–water partition coefficient (Wildman–Crippen LogP) is 4.01. The number of nitrogens with one attached hydrogen (secondary N) is 2. The van der Waals surface area contributed by atoms with Gasteiger partial charge in [0, 0.05) is 16.6 Å². The number of aromatic amines is 1. The number of rotatable bonds is 6. The molecule has 166 valence electrons. The molecule has 3 aromatic carbocycles. The third kappa shape index (κ3) is 5.15. The van der Waals surface area contributed by atoms with Crippen LogP contribution in [0.5, 0.6) is 0 Å². The summed E-state index contributed by atoms with van der Waals surface area (Å²) in [4.78, 5) is 38.0. The lowest BCUT2D eigenvalue weighted by Gasteiger charge is -2.18. The first-order valence-corrected chi connectivity index (χ1v) is 10.5. The molecule has 1 heterocycles. The van der Waals surface area contributed by atoms with E-state index in [9.17, 15) is 14.4 Å². The molecule has 7 nitrogen and oxygen atoms in total. The molecule has 0 saturated carbocycles. The molecular formula is C26H23N3O4. The van der Waals surface area contributed by atoms with Crippen LogP contribution >= 0.6 is 0 Å². The van der Waals surface area contributed by atoms with E-state index in [1.807, 2.05) is 38.1 Å². The maximum absolute atomic E-state index is 13.1. The second-order valence-corrected chi connectivity index (χ2v) is 7.87. The Morgan fingerprint density at radius 3 is 2.27 bits per heavy atom. The number of carbonyl (C=O) groups excluding carboxylic acids is 2. The number of carbonyl (C=O) groups is 2. The topological polar surface area (TPSA) is 101 Å². The van der Waals surface area contributed by atoms with Crippen LogP contribution in [0.25, 0.3) is 10.8 Å². The van der Waals surface area contributed by atoms with E-state index in [0.29, 0.717) is 27.7 Å². The van der Waals surface area contributed by atoms with E-state index in [2.05, 4.69) is 15.5 Å². The van der Waals surface area contributed by atoms with Gasteiger partial charge in [0.1, 0.15) is 0 Å². The minimum atomic E-state index is -1.14. The summed E-state index contributed by atoms with van der Waals surface area (Å²) in [5.74, 6) is -1.09. The lowest BCUT2D eigenvalue weighted by molar-refractivity contribution is -0.154. The van der Waals surface area contributed by atoms with Crippen LogP contribution in [0.1, 0.15) is 28.5 Å². The lowest BCUT2D eigenvalue weighted by atomic mass is 10.1. The standard InChI is InChI=1S/C26H23N3O4/c1-16-12-17(2)14-19(13-16)27-26(32)24(18-8-4-3-5-9-18)33-23(30)15-22-20-10-6-7-11-21(20)25(31)29-28-22/h3-14,24H,15H2,1-2H3,(H,27,32)(H,29,31). The van der Waals surface area contributed by atoms with Gasteiger partial charge in [0.2, 0.25) is 6.10 Å². The number of H-pyrrole nitrogens is 1. The van der Waals surface area contributed by atoms with Crippen molar-refractivity contribution in [3.8, 4) is 0 Å². The molecule has 1 atom stereocenters. The number of benzene rings is 3. The Balaban J connectivity index is 1.58. The van der Waals surface area contributed by atoms with Crippen molar-refractivity contribution in [3.05, 3.63) is 106 Å². The predicted molar refractivity (Wildman–Crippen MR) is 126 cm³/mol. The maximum atomic E-state index is 13.1. The van der Waals surface area contributed by atoms with Crippen LogP contribution in [0.3, 0.4) is 0 Å². The maximum Gasteiger partial charge on any atom is 0.313 e. The Kier molecular flexibility index (Phi) is 6.31. The molecule has 0 bridgehead atoms. The fourth-order valence-electron chi connectivity index (χ4n) is 3.77. The first kappa shape index (κ1) is 22.0. The zero-order chi connectivity index (χ0) is 23.4. The molecule has 1 aromatic heterocycles. The van der Waals surface area contributed by atoms with Crippen LogP contribution in [0.4, 0.5) is 5.69 Å². The Morgan fingerprint density at radius 2 is 1.58 bits per heavy atom. The zero-order valence-corrected chi connectivity index (χ0v) is 18.3. The molecule has 1 unspecified atom stereocenters. The van der Waals surface area contributed by atoms with Crippen LogP contribution in [0, 0.1) is 13.8 Å². The number of amides is 1. The molecule has 4 rings (SSSR count). The molecule has 0 aliphatic rings. The number of fused-ring (bicyclic) bond motifs is 1. The smallest absolute Gasteiger partial charge is 0.313 e. The fraction of sp³-hybridized carbons (Fsp3) is 0.154. The van der Waals surface area contributed by atoms with Crippen molar-refractivity contribution < 1.29 is 14.3 Å². The van der Waals surface area contributed by atoms with Crippen molar-refractivity contribution in [3.63, 3.8) is 0 Å². The highest BCUT2D eigenvalue weighted by Crippen LogP contribution is 2.23. The van der Waals surface area contributed by atoms with E-state index in [-0.39, 0.29) is 12.0 Å². The van der Waals surface area contributed by atoms with Crippen molar-refractivity contribution in [2.24, 2.45) is 0 Å². The molecule has 0 fully saturated rings. The van der Waals surface area contributed by atoms with E-state index in [4.69, 9.17) is 4.74 Å². The summed E-state index contributed by atoms with van der Waals surface area (Å²) < 4.78 is 5.63. The van der Waals surface area contributed by atoms with Crippen molar-refractivity contribution in [2.75, 3.05) is 5.32 Å². The van der Waals surface area contributed by atoms with Gasteiger partial charge in [0.05, 0.1) is 17.5 Å². The quantitative estimate of drug-likeness (QED) is 0.441. The van der Waals surface area contributed by atoms with Gasteiger partial charge >= 0.3 is 5.97 Å². The molecule has 0 aliphatic heterocycles. The Labute approximate surface area is 190 Å². The molecule has 7 heteroatoms. The summed E-state index contributed by atoms with van der Waals surface area (Å²) in [6, 6.07) is 21.4. The Bertz CT molecular complexity index is 1360. The fourth-order valence-corrected chi connectivity index (χ4v) is 3.77. The zero-order valence-electron chi connectivity index (χ0n) is 18.3. The van der Waals surface area contributed by atoms with Gasteiger partial charge in [-0.15, -0.1) is 0 Å². The minimum Gasteiger partial charge on any atom is -0.447 e. The van der Waals surface area contributed by atoms with Crippen LogP contribution in [-0.4, -0.2) is 22.1 Å². The third-order valence-electron chi connectivity index (χ3n) is 5.17. The van der Waals surface area contributed by atoms with Crippen molar-refractivity contribution in [1.82, 2.24) is 10.2 Å². The van der Waals surface area contributed by atoms with Gasteiger partial charge in [-0.1, -0.05) is 54.6 Å². The van der Waals surface area contributed by atoms with Gasteiger partial charge in [-0.05, 0) is 43.2 Å². The Hall–Kier alpha value is -4.26. The first-order chi connectivity index (χ1) is 15.9. The monoisotopic (exact) mass is 441 g/mol. The minimum absolute atomic E-state index is 0.197. The molecule has 0 radical (unpaired) electrons. The van der Waals surface area contributed by atoms with Gasteiger partial charge in [0.25, 0.3) is 11.5 Å². The number of aromatic nitrogens is 2. The molecule has 4 aromatic rings. The van der Waals surface area contributed by atoms with Crippen LogP contribution < -0.4 is 10.9 Å². The number of anilines is 1. The van der Waals surface area contributed by atoms with Crippen LogP contribution in [-0.2, 0) is 20.7 Å². The summed E-state index contributed by atoms with van der Waals surface area (Å²) in [5, 5.41) is 10.3. The largest absolute Gasteiger partial charge is 0.447 e. The van der Waals surface area contributed by atoms with Gasteiger partial charge in [-0.3, -0.25) is 14.4 Å². The number of hydrogen-bond acceptors (Lipinski definition) is 5. The number of esters is 1. The second kappa shape index (κ2) is 9.48. The molecule has 0 spiro atoms.